The SMILES string of the molecule is CC1CC1C(=O)NC(C)(C)CCCl. The number of amides is 1. The second kappa shape index (κ2) is 3.87. The third kappa shape index (κ3) is 3.18. The van der Waals surface area contributed by atoms with Gasteiger partial charge < -0.3 is 5.32 Å². The molecule has 0 spiro atoms. The summed E-state index contributed by atoms with van der Waals surface area (Å²) < 4.78 is 0. The van der Waals surface area contributed by atoms with E-state index in [0.717, 1.165) is 12.8 Å². The number of carbonyl (C=O) groups is 1. The summed E-state index contributed by atoms with van der Waals surface area (Å²) in [4.78, 5) is 11.6. The van der Waals surface area contributed by atoms with E-state index >= 15 is 0 Å². The summed E-state index contributed by atoms with van der Waals surface area (Å²) in [6.07, 6.45) is 1.87. The van der Waals surface area contributed by atoms with Crippen molar-refractivity contribution in [2.45, 2.75) is 39.2 Å². The van der Waals surface area contributed by atoms with E-state index in [2.05, 4.69) is 12.2 Å². The monoisotopic (exact) mass is 203 g/mol. The molecule has 0 aromatic carbocycles. The van der Waals surface area contributed by atoms with Crippen LogP contribution in [0, 0.1) is 11.8 Å². The van der Waals surface area contributed by atoms with Gasteiger partial charge in [0.2, 0.25) is 5.91 Å². The summed E-state index contributed by atoms with van der Waals surface area (Å²) in [5.74, 6) is 1.62. The van der Waals surface area contributed by atoms with Crippen molar-refractivity contribution in [3.63, 3.8) is 0 Å². The molecule has 0 aromatic heterocycles. The molecule has 2 nitrogen and oxygen atoms in total. The zero-order valence-electron chi connectivity index (χ0n) is 8.56. The first kappa shape index (κ1) is 10.8. The number of alkyl halides is 1. The van der Waals surface area contributed by atoms with E-state index in [1.54, 1.807) is 0 Å². The zero-order valence-corrected chi connectivity index (χ0v) is 9.32. The van der Waals surface area contributed by atoms with Crippen LogP contribution in [0.4, 0.5) is 0 Å². The Morgan fingerprint density at radius 3 is 2.54 bits per heavy atom. The van der Waals surface area contributed by atoms with Crippen molar-refractivity contribution in [2.24, 2.45) is 11.8 Å². The topological polar surface area (TPSA) is 29.1 Å². The maximum absolute atomic E-state index is 11.6. The predicted octanol–water partition coefficient (Wildman–Crippen LogP) is 2.17. The molecule has 0 saturated heterocycles. The zero-order chi connectivity index (χ0) is 10.1. The number of nitrogens with one attached hydrogen (secondary N) is 1. The van der Waals surface area contributed by atoms with E-state index in [-0.39, 0.29) is 17.4 Å². The first-order valence-electron chi connectivity index (χ1n) is 4.84. The van der Waals surface area contributed by atoms with E-state index in [0.29, 0.717) is 11.8 Å². The van der Waals surface area contributed by atoms with Gasteiger partial charge in [-0.05, 0) is 32.6 Å². The Morgan fingerprint density at radius 1 is 1.62 bits per heavy atom. The lowest BCUT2D eigenvalue weighted by Crippen LogP contribution is -2.44. The minimum Gasteiger partial charge on any atom is -0.351 e. The third-order valence-electron chi connectivity index (χ3n) is 2.63. The molecule has 76 valence electrons. The molecule has 0 aromatic rings. The molecule has 1 saturated carbocycles. The Kier molecular flexibility index (Phi) is 3.23. The van der Waals surface area contributed by atoms with Gasteiger partial charge >= 0.3 is 0 Å². The summed E-state index contributed by atoms with van der Waals surface area (Å²) in [6.45, 7) is 6.14. The summed E-state index contributed by atoms with van der Waals surface area (Å²) in [6, 6.07) is 0. The van der Waals surface area contributed by atoms with Crippen LogP contribution in [0.15, 0.2) is 0 Å². The van der Waals surface area contributed by atoms with Crippen molar-refractivity contribution >= 4 is 17.5 Å². The number of halogens is 1. The molecule has 1 amide bonds. The molecule has 13 heavy (non-hydrogen) atoms. The Labute approximate surface area is 85.0 Å². The highest BCUT2D eigenvalue weighted by Gasteiger charge is 2.40. The van der Waals surface area contributed by atoms with Crippen LogP contribution in [0.2, 0.25) is 0 Å². The fourth-order valence-electron chi connectivity index (χ4n) is 1.41. The van der Waals surface area contributed by atoms with Crippen LogP contribution in [0.1, 0.15) is 33.6 Å². The number of hydrogen-bond acceptors (Lipinski definition) is 1. The highest BCUT2D eigenvalue weighted by Crippen LogP contribution is 2.38. The van der Waals surface area contributed by atoms with Gasteiger partial charge in [0, 0.05) is 17.3 Å². The van der Waals surface area contributed by atoms with Gasteiger partial charge in [0.1, 0.15) is 0 Å². The summed E-state index contributed by atoms with van der Waals surface area (Å²) >= 11 is 5.64. The maximum Gasteiger partial charge on any atom is 0.223 e. The van der Waals surface area contributed by atoms with Gasteiger partial charge in [0.05, 0.1) is 0 Å². The Bertz CT molecular complexity index is 203. The molecule has 1 N–H and O–H groups in total. The molecule has 1 fully saturated rings. The minimum absolute atomic E-state index is 0.152. The molecular formula is C10H18ClNO. The Morgan fingerprint density at radius 2 is 2.15 bits per heavy atom. The van der Waals surface area contributed by atoms with Gasteiger partial charge in [-0.15, -0.1) is 11.6 Å². The van der Waals surface area contributed by atoms with Crippen LogP contribution in [0.5, 0.6) is 0 Å². The average molecular weight is 204 g/mol. The van der Waals surface area contributed by atoms with Gasteiger partial charge in [-0.3, -0.25) is 4.79 Å². The van der Waals surface area contributed by atoms with E-state index in [9.17, 15) is 4.79 Å². The van der Waals surface area contributed by atoms with E-state index in [4.69, 9.17) is 11.6 Å². The molecular weight excluding hydrogens is 186 g/mol. The maximum atomic E-state index is 11.6. The predicted molar refractivity (Wildman–Crippen MR) is 54.8 cm³/mol. The van der Waals surface area contributed by atoms with Crippen LogP contribution in [0.3, 0.4) is 0 Å². The molecule has 0 radical (unpaired) electrons. The Balaban J connectivity index is 2.34. The lowest BCUT2D eigenvalue weighted by Gasteiger charge is -2.25. The van der Waals surface area contributed by atoms with Crippen molar-refractivity contribution in [3.05, 3.63) is 0 Å². The number of rotatable bonds is 4. The van der Waals surface area contributed by atoms with Crippen LogP contribution in [-0.4, -0.2) is 17.3 Å². The summed E-state index contributed by atoms with van der Waals surface area (Å²) in [7, 11) is 0. The van der Waals surface area contributed by atoms with Crippen LogP contribution in [0.25, 0.3) is 0 Å². The largest absolute Gasteiger partial charge is 0.351 e. The smallest absolute Gasteiger partial charge is 0.223 e. The third-order valence-corrected chi connectivity index (χ3v) is 2.82. The second-order valence-electron chi connectivity index (χ2n) is 4.63. The molecule has 1 aliphatic carbocycles. The molecule has 2 unspecified atom stereocenters. The molecule has 1 rings (SSSR count). The summed E-state index contributed by atoms with van der Waals surface area (Å²) in [5, 5.41) is 3.03. The number of carbonyl (C=O) groups excluding carboxylic acids is 1. The molecule has 2 atom stereocenters. The highest BCUT2D eigenvalue weighted by molar-refractivity contribution is 6.17. The number of hydrogen-bond donors (Lipinski definition) is 1. The van der Waals surface area contributed by atoms with Crippen LogP contribution < -0.4 is 5.32 Å². The molecule has 0 heterocycles. The molecule has 0 aliphatic heterocycles. The van der Waals surface area contributed by atoms with E-state index in [1.165, 1.54) is 0 Å². The fourth-order valence-corrected chi connectivity index (χ4v) is 1.88. The Hall–Kier alpha value is -0.240. The lowest BCUT2D eigenvalue weighted by molar-refractivity contribution is -0.124. The van der Waals surface area contributed by atoms with Crippen molar-refractivity contribution in [1.82, 2.24) is 5.32 Å². The van der Waals surface area contributed by atoms with Gasteiger partial charge in [0.15, 0.2) is 0 Å². The summed E-state index contributed by atoms with van der Waals surface area (Å²) in [5.41, 5.74) is -0.152. The van der Waals surface area contributed by atoms with E-state index < -0.39 is 0 Å². The standard InChI is InChI=1S/C10H18ClNO/c1-7-6-8(7)9(13)12-10(2,3)4-5-11/h7-8H,4-6H2,1-3H3,(H,12,13). The quantitative estimate of drug-likeness (QED) is 0.698. The van der Waals surface area contributed by atoms with E-state index in [1.807, 2.05) is 13.8 Å². The first-order valence-corrected chi connectivity index (χ1v) is 5.38. The van der Waals surface area contributed by atoms with Gasteiger partial charge in [0.25, 0.3) is 0 Å². The van der Waals surface area contributed by atoms with Crippen molar-refractivity contribution in [1.29, 1.82) is 0 Å². The lowest BCUT2D eigenvalue weighted by atomic mass is 10.0. The van der Waals surface area contributed by atoms with Crippen molar-refractivity contribution in [2.75, 3.05) is 5.88 Å². The normalized spacial score (nSPS) is 27.1. The van der Waals surface area contributed by atoms with Gasteiger partial charge in [-0.1, -0.05) is 6.92 Å². The van der Waals surface area contributed by atoms with Crippen molar-refractivity contribution in [3.8, 4) is 0 Å². The van der Waals surface area contributed by atoms with Crippen LogP contribution >= 0.6 is 11.6 Å². The highest BCUT2D eigenvalue weighted by atomic mass is 35.5. The minimum atomic E-state index is -0.152. The first-order chi connectivity index (χ1) is 5.96. The van der Waals surface area contributed by atoms with Gasteiger partial charge in [-0.2, -0.15) is 0 Å². The van der Waals surface area contributed by atoms with Crippen molar-refractivity contribution < 1.29 is 4.79 Å². The molecule has 1 aliphatic rings. The molecule has 0 bridgehead atoms. The van der Waals surface area contributed by atoms with Gasteiger partial charge in [-0.25, -0.2) is 0 Å². The van der Waals surface area contributed by atoms with Crippen LogP contribution in [-0.2, 0) is 4.79 Å². The second-order valence-corrected chi connectivity index (χ2v) is 5.01. The molecule has 3 heteroatoms. The fraction of sp³-hybridized carbons (Fsp3) is 0.900. The average Bonchev–Trinajstić information content (AvgIpc) is 2.65.